The van der Waals surface area contributed by atoms with Crippen LogP contribution in [0, 0.1) is 0 Å². The molecule has 0 fully saturated rings. The van der Waals surface area contributed by atoms with Crippen molar-refractivity contribution in [1.82, 2.24) is 20.3 Å². The number of amides is 1. The highest BCUT2D eigenvalue weighted by Crippen LogP contribution is 2.33. The van der Waals surface area contributed by atoms with E-state index in [1.54, 1.807) is 0 Å². The molecule has 2 heterocycles. The van der Waals surface area contributed by atoms with Gasteiger partial charge < -0.3 is 21.8 Å². The average molecular weight is 282 g/mol. The normalized spacial score (nSPS) is 10.7. The lowest BCUT2D eigenvalue weighted by atomic mass is 10.0. The van der Waals surface area contributed by atoms with Gasteiger partial charge in [-0.15, -0.1) is 0 Å². The van der Waals surface area contributed by atoms with Crippen LogP contribution in [0.15, 0.2) is 30.5 Å². The number of nitrogens with two attached hydrogens (primary N) is 2. The predicted octanol–water partition coefficient (Wildman–Crippen LogP) is 1.15. The van der Waals surface area contributed by atoms with Crippen molar-refractivity contribution in [1.29, 1.82) is 0 Å². The number of nitrogen functional groups attached to an aromatic ring is 2. The summed E-state index contributed by atoms with van der Waals surface area (Å²) in [5.41, 5.74) is 13.8. The van der Waals surface area contributed by atoms with Crippen molar-refractivity contribution < 1.29 is 4.79 Å². The fourth-order valence-electron chi connectivity index (χ4n) is 2.34. The summed E-state index contributed by atoms with van der Waals surface area (Å²) >= 11 is 0. The number of hydrogen-bond donors (Lipinski definition) is 4. The van der Waals surface area contributed by atoms with Gasteiger partial charge in [0.05, 0.1) is 11.1 Å². The van der Waals surface area contributed by atoms with Gasteiger partial charge in [-0.25, -0.2) is 4.98 Å². The van der Waals surface area contributed by atoms with E-state index in [0.717, 1.165) is 16.5 Å². The first kappa shape index (κ1) is 12.9. The molecule has 0 atom stereocenters. The minimum atomic E-state index is -0.366. The lowest BCUT2D eigenvalue weighted by molar-refractivity contribution is 0.0959. The van der Waals surface area contributed by atoms with E-state index in [1.807, 2.05) is 30.5 Å². The summed E-state index contributed by atoms with van der Waals surface area (Å²) in [5.74, 6) is -0.230. The van der Waals surface area contributed by atoms with Gasteiger partial charge in [0.15, 0.2) is 0 Å². The number of aromatic amines is 1. The van der Waals surface area contributed by atoms with Crippen molar-refractivity contribution in [3.63, 3.8) is 0 Å². The van der Waals surface area contributed by atoms with Crippen molar-refractivity contribution in [3.8, 4) is 11.1 Å². The molecule has 7 heteroatoms. The van der Waals surface area contributed by atoms with Gasteiger partial charge in [-0.05, 0) is 11.5 Å². The molecule has 0 aliphatic rings. The van der Waals surface area contributed by atoms with E-state index >= 15 is 0 Å². The summed E-state index contributed by atoms with van der Waals surface area (Å²) < 4.78 is 0. The molecule has 6 N–H and O–H groups in total. The second kappa shape index (κ2) is 4.78. The highest BCUT2D eigenvalue weighted by molar-refractivity contribution is 6.06. The largest absolute Gasteiger partial charge is 0.383 e. The molecule has 21 heavy (non-hydrogen) atoms. The molecule has 0 saturated carbocycles. The first-order valence-electron chi connectivity index (χ1n) is 6.33. The first-order valence-corrected chi connectivity index (χ1v) is 6.33. The van der Waals surface area contributed by atoms with E-state index in [9.17, 15) is 4.79 Å². The number of carbonyl (C=O) groups excluding carboxylic acids is 1. The molecule has 7 nitrogen and oxygen atoms in total. The van der Waals surface area contributed by atoms with Crippen molar-refractivity contribution in [3.05, 3.63) is 36.2 Å². The number of nitrogens with zero attached hydrogens (tertiary/aromatic N) is 2. The predicted molar refractivity (Wildman–Crippen MR) is 81.5 cm³/mol. The van der Waals surface area contributed by atoms with E-state index in [1.165, 1.54) is 7.05 Å². The Hall–Kier alpha value is -3.09. The Morgan fingerprint density at radius 1 is 1.24 bits per heavy atom. The molecule has 0 aliphatic carbocycles. The van der Waals surface area contributed by atoms with Crippen LogP contribution < -0.4 is 16.8 Å². The third kappa shape index (κ3) is 2.04. The van der Waals surface area contributed by atoms with Crippen LogP contribution in [-0.4, -0.2) is 27.9 Å². The molecule has 0 radical (unpaired) electrons. The third-order valence-corrected chi connectivity index (χ3v) is 3.25. The van der Waals surface area contributed by atoms with Crippen LogP contribution in [0.1, 0.15) is 10.5 Å². The maximum absolute atomic E-state index is 12.1. The van der Waals surface area contributed by atoms with E-state index in [4.69, 9.17) is 11.5 Å². The van der Waals surface area contributed by atoms with E-state index < -0.39 is 0 Å². The molecule has 3 rings (SSSR count). The van der Waals surface area contributed by atoms with Gasteiger partial charge >= 0.3 is 0 Å². The highest BCUT2D eigenvalue weighted by atomic mass is 16.1. The third-order valence-electron chi connectivity index (χ3n) is 3.25. The summed E-state index contributed by atoms with van der Waals surface area (Å²) in [6.45, 7) is 0. The lowest BCUT2D eigenvalue weighted by Gasteiger charge is -2.12. The zero-order valence-electron chi connectivity index (χ0n) is 11.3. The summed E-state index contributed by atoms with van der Waals surface area (Å²) in [5, 5.41) is 3.54. The number of benzene rings is 1. The summed E-state index contributed by atoms with van der Waals surface area (Å²) in [4.78, 5) is 23.2. The zero-order chi connectivity index (χ0) is 15.0. The summed E-state index contributed by atoms with van der Waals surface area (Å²) in [7, 11) is 1.52. The lowest BCUT2D eigenvalue weighted by Crippen LogP contribution is -2.22. The Labute approximate surface area is 120 Å². The number of anilines is 2. The maximum atomic E-state index is 12.1. The minimum Gasteiger partial charge on any atom is -0.383 e. The van der Waals surface area contributed by atoms with E-state index in [-0.39, 0.29) is 23.4 Å². The summed E-state index contributed by atoms with van der Waals surface area (Å²) in [6.07, 6.45) is 1.82. The molecular weight excluding hydrogens is 268 g/mol. The number of rotatable bonds is 2. The van der Waals surface area contributed by atoms with Gasteiger partial charge in [-0.2, -0.15) is 4.98 Å². The fraction of sp³-hybridized carbons (Fsp3) is 0.0714. The topological polar surface area (TPSA) is 123 Å². The molecule has 3 aromatic rings. The molecule has 0 aliphatic heterocycles. The zero-order valence-corrected chi connectivity index (χ0v) is 11.3. The van der Waals surface area contributed by atoms with Crippen LogP contribution in [0.3, 0.4) is 0 Å². The van der Waals surface area contributed by atoms with Gasteiger partial charge in [0.2, 0.25) is 5.95 Å². The molecular formula is C14H14N6O. The van der Waals surface area contributed by atoms with Gasteiger partial charge in [-0.1, -0.05) is 18.2 Å². The first-order chi connectivity index (χ1) is 10.1. The quantitative estimate of drug-likeness (QED) is 0.561. The molecule has 0 spiro atoms. The van der Waals surface area contributed by atoms with Crippen LogP contribution in [-0.2, 0) is 0 Å². The SMILES string of the molecule is CNC(=O)c1nc(N)nc(N)c1-c1cccc2cc[nH]c12. The molecule has 0 unspecified atom stereocenters. The Morgan fingerprint density at radius 3 is 2.81 bits per heavy atom. The number of hydrogen-bond acceptors (Lipinski definition) is 5. The molecule has 0 saturated heterocycles. The second-order valence-electron chi connectivity index (χ2n) is 4.52. The Kier molecular flexibility index (Phi) is 2.94. The molecule has 106 valence electrons. The van der Waals surface area contributed by atoms with Crippen molar-refractivity contribution in [2.45, 2.75) is 0 Å². The van der Waals surface area contributed by atoms with E-state index in [0.29, 0.717) is 5.56 Å². The highest BCUT2D eigenvalue weighted by Gasteiger charge is 2.20. The van der Waals surface area contributed by atoms with Crippen molar-refractivity contribution in [2.24, 2.45) is 0 Å². The number of nitrogens with one attached hydrogen (secondary N) is 2. The number of carbonyl (C=O) groups is 1. The van der Waals surface area contributed by atoms with Crippen molar-refractivity contribution in [2.75, 3.05) is 18.5 Å². The van der Waals surface area contributed by atoms with Crippen LogP contribution in [0.5, 0.6) is 0 Å². The second-order valence-corrected chi connectivity index (χ2v) is 4.52. The van der Waals surface area contributed by atoms with E-state index in [2.05, 4.69) is 20.3 Å². The summed E-state index contributed by atoms with van der Waals surface area (Å²) in [6, 6.07) is 7.64. The van der Waals surface area contributed by atoms with Gasteiger partial charge in [-0.3, -0.25) is 4.79 Å². The number of fused-ring (bicyclic) bond motifs is 1. The minimum absolute atomic E-state index is 0.0338. The average Bonchev–Trinajstić information content (AvgIpc) is 2.94. The molecule has 1 aromatic carbocycles. The van der Waals surface area contributed by atoms with Crippen LogP contribution >= 0.6 is 0 Å². The van der Waals surface area contributed by atoms with Gasteiger partial charge in [0.25, 0.3) is 5.91 Å². The number of H-pyrrole nitrogens is 1. The standard InChI is InChI=1S/C14H14N6O/c1-17-13(21)11-9(12(15)20-14(16)19-11)8-4-2-3-7-5-6-18-10(7)8/h2-6,18H,1H3,(H,17,21)(H4,15,16,19,20). The Balaban J connectivity index is 2.36. The molecule has 0 bridgehead atoms. The fourth-order valence-corrected chi connectivity index (χ4v) is 2.34. The Bertz CT molecular complexity index is 839. The molecule has 2 aromatic heterocycles. The molecule has 1 amide bonds. The van der Waals surface area contributed by atoms with Gasteiger partial charge in [0, 0.05) is 18.8 Å². The van der Waals surface area contributed by atoms with Crippen LogP contribution in [0.2, 0.25) is 0 Å². The monoisotopic (exact) mass is 282 g/mol. The smallest absolute Gasteiger partial charge is 0.270 e. The number of aromatic nitrogens is 3. The van der Waals surface area contributed by atoms with Crippen LogP contribution in [0.25, 0.3) is 22.0 Å². The maximum Gasteiger partial charge on any atom is 0.270 e. The van der Waals surface area contributed by atoms with Gasteiger partial charge in [0.1, 0.15) is 11.5 Å². The van der Waals surface area contributed by atoms with Crippen molar-refractivity contribution >= 4 is 28.6 Å². The van der Waals surface area contributed by atoms with Crippen LogP contribution in [0.4, 0.5) is 11.8 Å². The number of para-hydroxylation sites is 1. The Morgan fingerprint density at radius 2 is 2.05 bits per heavy atom.